The molecule has 0 saturated heterocycles. The van der Waals surface area contributed by atoms with Crippen molar-refractivity contribution in [1.29, 1.82) is 0 Å². The van der Waals surface area contributed by atoms with Gasteiger partial charge in [0.1, 0.15) is 5.75 Å². The Morgan fingerprint density at radius 2 is 2.00 bits per heavy atom. The first-order valence-electron chi connectivity index (χ1n) is 6.65. The molecule has 0 amide bonds. The van der Waals surface area contributed by atoms with Crippen molar-refractivity contribution in [1.82, 2.24) is 0 Å². The van der Waals surface area contributed by atoms with Crippen molar-refractivity contribution in [2.45, 2.75) is 38.6 Å². The number of rotatable bonds is 3. The molecule has 0 aliphatic carbocycles. The van der Waals surface area contributed by atoms with Crippen LogP contribution in [-0.2, 0) is 0 Å². The molecule has 1 N–H and O–H groups in total. The van der Waals surface area contributed by atoms with E-state index in [1.807, 2.05) is 0 Å². The smallest absolute Gasteiger partial charge is 0.406 e. The lowest BCUT2D eigenvalue weighted by Gasteiger charge is -2.29. The summed E-state index contributed by atoms with van der Waals surface area (Å²) in [5.41, 5.74) is 0.628. The summed E-state index contributed by atoms with van der Waals surface area (Å²) in [5, 5.41) is 3.94. The Bertz CT molecular complexity index is 516. The van der Waals surface area contributed by atoms with Crippen molar-refractivity contribution in [3.8, 4) is 5.75 Å². The molecule has 1 atom stereocenters. The highest BCUT2D eigenvalue weighted by Crippen LogP contribution is 2.30. The highest BCUT2D eigenvalue weighted by atomic mass is 32.2. The molecule has 1 aromatic carbocycles. The van der Waals surface area contributed by atoms with Crippen LogP contribution in [0.2, 0.25) is 0 Å². The van der Waals surface area contributed by atoms with Gasteiger partial charge in [0.25, 0.3) is 0 Å². The number of thioether (sulfide) groups is 1. The van der Waals surface area contributed by atoms with Crippen LogP contribution in [0.3, 0.4) is 0 Å². The Morgan fingerprint density at radius 3 is 2.57 bits per heavy atom. The number of amidine groups is 1. The highest BCUT2D eigenvalue weighted by molar-refractivity contribution is 8.14. The van der Waals surface area contributed by atoms with Crippen molar-refractivity contribution >= 4 is 22.6 Å². The maximum Gasteiger partial charge on any atom is 0.573 e. The van der Waals surface area contributed by atoms with Gasteiger partial charge in [-0.1, -0.05) is 18.7 Å². The Kier molecular flexibility index (Phi) is 4.70. The van der Waals surface area contributed by atoms with E-state index in [1.54, 1.807) is 23.9 Å². The van der Waals surface area contributed by atoms with Crippen molar-refractivity contribution in [2.24, 2.45) is 4.99 Å². The summed E-state index contributed by atoms with van der Waals surface area (Å²) in [6, 6.07) is 5.65. The molecule has 116 valence electrons. The number of anilines is 1. The lowest BCUT2D eigenvalue weighted by atomic mass is 9.97. The average Bonchev–Trinajstić information content (AvgIpc) is 2.40. The predicted molar refractivity (Wildman–Crippen MR) is 80.0 cm³/mol. The van der Waals surface area contributed by atoms with Gasteiger partial charge in [0.2, 0.25) is 0 Å². The minimum Gasteiger partial charge on any atom is -0.406 e. The van der Waals surface area contributed by atoms with Crippen LogP contribution in [0, 0.1) is 0 Å². The summed E-state index contributed by atoms with van der Waals surface area (Å²) >= 11 is 1.62. The van der Waals surface area contributed by atoms with Crippen LogP contribution in [0.1, 0.15) is 26.7 Å². The van der Waals surface area contributed by atoms with Gasteiger partial charge in [-0.15, -0.1) is 13.2 Å². The first-order chi connectivity index (χ1) is 9.80. The number of benzene rings is 1. The molecule has 1 aliphatic rings. The molecule has 1 unspecified atom stereocenters. The van der Waals surface area contributed by atoms with E-state index in [1.165, 1.54) is 12.1 Å². The number of alkyl halides is 3. The zero-order valence-electron chi connectivity index (χ0n) is 11.8. The fourth-order valence-electron chi connectivity index (χ4n) is 1.88. The Balaban J connectivity index is 2.03. The van der Waals surface area contributed by atoms with Gasteiger partial charge in [-0.05, 0) is 44.0 Å². The SMILES string of the molecule is CCC1(C)CCSC(Nc2ccc(OC(F)(F)F)cc2)=N1. The normalized spacial score (nSPS) is 22.6. The molecule has 1 aromatic rings. The summed E-state index contributed by atoms with van der Waals surface area (Å²) in [4.78, 5) is 4.67. The summed E-state index contributed by atoms with van der Waals surface area (Å²) < 4.78 is 40.1. The van der Waals surface area contributed by atoms with Gasteiger partial charge in [0.15, 0.2) is 5.17 Å². The van der Waals surface area contributed by atoms with Crippen LogP contribution >= 0.6 is 11.8 Å². The quantitative estimate of drug-likeness (QED) is 0.880. The molecule has 0 radical (unpaired) electrons. The maximum atomic E-state index is 12.1. The van der Waals surface area contributed by atoms with Gasteiger partial charge in [-0.2, -0.15) is 0 Å². The Hall–Kier alpha value is -1.37. The molecule has 0 saturated carbocycles. The fraction of sp³-hybridized carbons (Fsp3) is 0.500. The van der Waals surface area contributed by atoms with E-state index in [0.29, 0.717) is 5.69 Å². The molecule has 3 nitrogen and oxygen atoms in total. The Labute approximate surface area is 126 Å². The van der Waals surface area contributed by atoms with Crippen molar-refractivity contribution in [3.05, 3.63) is 24.3 Å². The number of hydrogen-bond donors (Lipinski definition) is 1. The van der Waals surface area contributed by atoms with Crippen LogP contribution in [0.5, 0.6) is 5.75 Å². The topological polar surface area (TPSA) is 33.6 Å². The highest BCUT2D eigenvalue weighted by Gasteiger charge is 2.31. The summed E-state index contributed by atoms with van der Waals surface area (Å²) in [6.07, 6.45) is -2.68. The fourth-order valence-corrected chi connectivity index (χ4v) is 3.09. The first kappa shape index (κ1) is 16.0. The van der Waals surface area contributed by atoms with Crippen molar-refractivity contribution in [3.63, 3.8) is 0 Å². The molecule has 1 heterocycles. The van der Waals surface area contributed by atoms with E-state index in [4.69, 9.17) is 0 Å². The lowest BCUT2D eigenvalue weighted by molar-refractivity contribution is -0.274. The van der Waals surface area contributed by atoms with Gasteiger partial charge in [-0.25, -0.2) is 0 Å². The Morgan fingerprint density at radius 1 is 1.33 bits per heavy atom. The summed E-state index contributed by atoms with van der Waals surface area (Å²) in [5.74, 6) is 0.746. The standard InChI is InChI=1S/C14H17F3N2OS/c1-3-13(2)8-9-21-12(19-13)18-10-4-6-11(7-5-10)20-14(15,16)17/h4-7H,3,8-9H2,1-2H3,(H,18,19). The summed E-state index contributed by atoms with van der Waals surface area (Å²) in [6.45, 7) is 4.20. The van der Waals surface area contributed by atoms with Gasteiger partial charge >= 0.3 is 6.36 Å². The molecule has 0 spiro atoms. The molecule has 0 bridgehead atoms. The van der Waals surface area contributed by atoms with Crippen LogP contribution in [0.25, 0.3) is 0 Å². The third-order valence-electron chi connectivity index (χ3n) is 3.35. The second-order valence-electron chi connectivity index (χ2n) is 5.06. The largest absolute Gasteiger partial charge is 0.573 e. The predicted octanol–water partition coefficient (Wildman–Crippen LogP) is 4.66. The number of ether oxygens (including phenoxy) is 1. The van der Waals surface area contributed by atoms with Gasteiger partial charge in [0.05, 0.1) is 5.54 Å². The number of hydrogen-bond acceptors (Lipinski definition) is 4. The molecule has 7 heteroatoms. The number of aliphatic imine (C=N–C) groups is 1. The molecule has 2 rings (SSSR count). The number of halogens is 3. The maximum absolute atomic E-state index is 12.1. The van der Waals surface area contributed by atoms with E-state index >= 15 is 0 Å². The second-order valence-corrected chi connectivity index (χ2v) is 6.15. The van der Waals surface area contributed by atoms with Crippen molar-refractivity contribution in [2.75, 3.05) is 11.1 Å². The molecule has 0 aromatic heterocycles. The molecular weight excluding hydrogens is 301 g/mol. The average molecular weight is 318 g/mol. The third kappa shape index (κ3) is 4.84. The van der Waals surface area contributed by atoms with Crippen LogP contribution in [0.15, 0.2) is 29.3 Å². The van der Waals surface area contributed by atoms with Crippen molar-refractivity contribution < 1.29 is 17.9 Å². The lowest BCUT2D eigenvalue weighted by Crippen LogP contribution is -2.29. The van der Waals surface area contributed by atoms with Crippen LogP contribution in [-0.4, -0.2) is 22.8 Å². The van der Waals surface area contributed by atoms with Crippen LogP contribution in [0.4, 0.5) is 18.9 Å². The minimum absolute atomic E-state index is 0.0626. The first-order valence-corrected chi connectivity index (χ1v) is 7.64. The van der Waals surface area contributed by atoms with Gasteiger partial charge in [-0.3, -0.25) is 4.99 Å². The van der Waals surface area contributed by atoms with E-state index < -0.39 is 6.36 Å². The van der Waals surface area contributed by atoms with E-state index in [9.17, 15) is 13.2 Å². The minimum atomic E-state index is -4.67. The van der Waals surface area contributed by atoms with Gasteiger partial charge in [0, 0.05) is 11.4 Å². The molecule has 21 heavy (non-hydrogen) atoms. The monoisotopic (exact) mass is 318 g/mol. The summed E-state index contributed by atoms with van der Waals surface area (Å²) in [7, 11) is 0. The molecule has 0 fully saturated rings. The zero-order chi connectivity index (χ0) is 15.5. The molecule has 1 aliphatic heterocycles. The van der Waals surface area contributed by atoms with E-state index in [0.717, 1.165) is 23.8 Å². The molecular formula is C14H17F3N2OS. The number of nitrogens with zero attached hydrogens (tertiary/aromatic N) is 1. The van der Waals surface area contributed by atoms with Crippen LogP contribution < -0.4 is 10.1 Å². The van der Waals surface area contributed by atoms with E-state index in [2.05, 4.69) is 28.9 Å². The third-order valence-corrected chi connectivity index (χ3v) is 4.23. The second kappa shape index (κ2) is 6.17. The van der Waals surface area contributed by atoms with E-state index in [-0.39, 0.29) is 11.3 Å². The number of nitrogens with one attached hydrogen (secondary N) is 1. The zero-order valence-corrected chi connectivity index (χ0v) is 12.6. The van der Waals surface area contributed by atoms with Gasteiger partial charge < -0.3 is 10.1 Å².